The van der Waals surface area contributed by atoms with Gasteiger partial charge in [-0.2, -0.15) is 0 Å². The van der Waals surface area contributed by atoms with Crippen molar-refractivity contribution in [3.63, 3.8) is 0 Å². The van der Waals surface area contributed by atoms with Crippen molar-refractivity contribution in [3.05, 3.63) is 47.5 Å². The van der Waals surface area contributed by atoms with Gasteiger partial charge in [-0.25, -0.2) is 0 Å². The van der Waals surface area contributed by atoms with Crippen LogP contribution in [-0.2, 0) is 20.9 Å². The van der Waals surface area contributed by atoms with Crippen molar-refractivity contribution < 1.29 is 14.3 Å². The number of nitrogens with zero attached hydrogens (tertiary/aromatic N) is 1. The average molecular weight is 275 g/mol. The average Bonchev–Trinajstić information content (AvgIpc) is 2.38. The summed E-state index contributed by atoms with van der Waals surface area (Å²) in [7, 11) is 0. The van der Waals surface area contributed by atoms with Crippen molar-refractivity contribution in [1.82, 2.24) is 4.90 Å². The van der Waals surface area contributed by atoms with Crippen LogP contribution in [0.15, 0.2) is 42.0 Å². The van der Waals surface area contributed by atoms with E-state index in [0.717, 1.165) is 11.1 Å². The molecule has 1 amide bonds. The number of amides is 1. The molecule has 1 aromatic rings. The second-order valence-corrected chi connectivity index (χ2v) is 4.71. The van der Waals surface area contributed by atoms with Gasteiger partial charge in [0.15, 0.2) is 0 Å². The van der Waals surface area contributed by atoms with E-state index in [9.17, 15) is 9.59 Å². The van der Waals surface area contributed by atoms with Crippen LogP contribution in [0, 0.1) is 0 Å². The minimum atomic E-state index is -0.390. The lowest BCUT2D eigenvalue weighted by Crippen LogP contribution is -2.35. The predicted molar refractivity (Wildman–Crippen MR) is 77.9 cm³/mol. The van der Waals surface area contributed by atoms with Gasteiger partial charge in [-0.05, 0) is 26.3 Å². The van der Waals surface area contributed by atoms with Crippen LogP contribution in [0.25, 0.3) is 0 Å². The fourth-order valence-corrected chi connectivity index (χ4v) is 1.72. The summed E-state index contributed by atoms with van der Waals surface area (Å²) in [6, 6.07) is 9.57. The minimum Gasteiger partial charge on any atom is -0.465 e. The topological polar surface area (TPSA) is 46.6 Å². The molecule has 0 spiro atoms. The zero-order valence-electron chi connectivity index (χ0n) is 12.3. The largest absolute Gasteiger partial charge is 0.465 e. The molecule has 0 aromatic heterocycles. The van der Waals surface area contributed by atoms with E-state index in [2.05, 4.69) is 0 Å². The van der Waals surface area contributed by atoms with Crippen LogP contribution in [0.3, 0.4) is 0 Å². The maximum Gasteiger partial charge on any atom is 0.325 e. The molecule has 0 saturated carbocycles. The maximum absolute atomic E-state index is 12.1. The number of carbonyl (C=O) groups excluding carboxylic acids is 2. The van der Waals surface area contributed by atoms with Gasteiger partial charge in [0.2, 0.25) is 5.91 Å². The van der Waals surface area contributed by atoms with Crippen LogP contribution in [0.2, 0.25) is 0 Å². The van der Waals surface area contributed by atoms with Crippen molar-refractivity contribution >= 4 is 11.9 Å². The molecule has 0 bridgehead atoms. The summed E-state index contributed by atoms with van der Waals surface area (Å²) >= 11 is 0. The first-order valence-corrected chi connectivity index (χ1v) is 6.66. The molecule has 0 aliphatic carbocycles. The molecule has 1 rings (SSSR count). The van der Waals surface area contributed by atoms with E-state index >= 15 is 0 Å². The molecule has 108 valence electrons. The molecular formula is C16H21NO3. The first-order chi connectivity index (χ1) is 9.52. The third kappa shape index (κ3) is 5.69. The van der Waals surface area contributed by atoms with Gasteiger partial charge in [-0.3, -0.25) is 9.59 Å². The molecule has 0 atom stereocenters. The molecular weight excluding hydrogens is 254 g/mol. The van der Waals surface area contributed by atoms with Crippen LogP contribution >= 0.6 is 0 Å². The normalized spacial score (nSPS) is 9.75. The highest BCUT2D eigenvalue weighted by molar-refractivity contribution is 5.90. The Labute approximate surface area is 120 Å². The molecule has 20 heavy (non-hydrogen) atoms. The van der Waals surface area contributed by atoms with Crippen LogP contribution in [0.5, 0.6) is 0 Å². The molecule has 0 aliphatic rings. The number of benzene rings is 1. The second-order valence-electron chi connectivity index (χ2n) is 4.71. The number of allylic oxidation sites excluding steroid dienone is 1. The molecule has 0 saturated heterocycles. The lowest BCUT2D eigenvalue weighted by molar-refractivity contribution is -0.148. The Hall–Kier alpha value is -2.10. The standard InChI is InChI=1S/C16H21NO3/c1-4-20-16(19)12-17(15(18)10-13(2)3)11-14-8-6-5-7-9-14/h5-10H,4,11-12H2,1-3H3. The molecule has 1 aromatic carbocycles. The fourth-order valence-electron chi connectivity index (χ4n) is 1.72. The van der Waals surface area contributed by atoms with Gasteiger partial charge in [0, 0.05) is 12.6 Å². The third-order valence-electron chi connectivity index (χ3n) is 2.57. The molecule has 0 unspecified atom stereocenters. The van der Waals surface area contributed by atoms with Crippen LogP contribution in [-0.4, -0.2) is 29.9 Å². The van der Waals surface area contributed by atoms with Crippen LogP contribution in [0.1, 0.15) is 26.3 Å². The zero-order valence-corrected chi connectivity index (χ0v) is 12.3. The van der Waals surface area contributed by atoms with Gasteiger partial charge in [-0.1, -0.05) is 35.9 Å². The summed E-state index contributed by atoms with van der Waals surface area (Å²) in [6.07, 6.45) is 1.53. The van der Waals surface area contributed by atoms with Crippen molar-refractivity contribution in [2.75, 3.05) is 13.2 Å². The Morgan fingerprint density at radius 3 is 2.40 bits per heavy atom. The Morgan fingerprint density at radius 1 is 1.20 bits per heavy atom. The molecule has 0 heterocycles. The van der Waals surface area contributed by atoms with E-state index in [1.165, 1.54) is 11.0 Å². The summed E-state index contributed by atoms with van der Waals surface area (Å²) < 4.78 is 4.91. The number of carbonyl (C=O) groups is 2. The highest BCUT2D eigenvalue weighted by Crippen LogP contribution is 2.06. The number of rotatable bonds is 6. The van der Waals surface area contributed by atoms with Crippen molar-refractivity contribution in [2.45, 2.75) is 27.3 Å². The first kappa shape index (κ1) is 16.0. The SMILES string of the molecule is CCOC(=O)CN(Cc1ccccc1)C(=O)C=C(C)C. The monoisotopic (exact) mass is 275 g/mol. The Morgan fingerprint density at radius 2 is 1.85 bits per heavy atom. The fraction of sp³-hybridized carbons (Fsp3) is 0.375. The lowest BCUT2D eigenvalue weighted by Gasteiger charge is -2.20. The highest BCUT2D eigenvalue weighted by Gasteiger charge is 2.16. The number of ether oxygens (including phenoxy) is 1. The minimum absolute atomic E-state index is 0.0364. The van der Waals surface area contributed by atoms with Gasteiger partial charge in [0.25, 0.3) is 0 Å². The van der Waals surface area contributed by atoms with Crippen molar-refractivity contribution in [3.8, 4) is 0 Å². The lowest BCUT2D eigenvalue weighted by atomic mass is 10.2. The molecule has 0 fully saturated rings. The van der Waals surface area contributed by atoms with Crippen molar-refractivity contribution in [2.24, 2.45) is 0 Å². The van der Waals surface area contributed by atoms with Gasteiger partial charge >= 0.3 is 5.97 Å². The van der Waals surface area contributed by atoms with E-state index in [1.54, 1.807) is 6.92 Å². The summed E-state index contributed by atoms with van der Waals surface area (Å²) in [4.78, 5) is 25.2. The van der Waals surface area contributed by atoms with E-state index in [4.69, 9.17) is 4.74 Å². The highest BCUT2D eigenvalue weighted by atomic mass is 16.5. The van der Waals surface area contributed by atoms with Crippen molar-refractivity contribution in [1.29, 1.82) is 0 Å². The van der Waals surface area contributed by atoms with Gasteiger partial charge < -0.3 is 9.64 Å². The zero-order chi connectivity index (χ0) is 15.0. The molecule has 4 heteroatoms. The van der Waals surface area contributed by atoms with E-state index in [1.807, 2.05) is 44.2 Å². The summed E-state index contributed by atoms with van der Waals surface area (Å²) in [5.41, 5.74) is 1.88. The van der Waals surface area contributed by atoms with E-state index in [0.29, 0.717) is 13.2 Å². The molecule has 0 N–H and O–H groups in total. The molecule has 0 aliphatic heterocycles. The molecule has 4 nitrogen and oxygen atoms in total. The predicted octanol–water partition coefficient (Wildman–Crippen LogP) is 2.54. The number of esters is 1. The first-order valence-electron chi connectivity index (χ1n) is 6.66. The van der Waals surface area contributed by atoms with E-state index in [-0.39, 0.29) is 18.4 Å². The summed E-state index contributed by atoms with van der Waals surface area (Å²) in [5.74, 6) is -0.569. The van der Waals surface area contributed by atoms with Gasteiger partial charge in [-0.15, -0.1) is 0 Å². The molecule has 0 radical (unpaired) electrons. The third-order valence-corrected chi connectivity index (χ3v) is 2.57. The van der Waals surface area contributed by atoms with Crippen LogP contribution in [0.4, 0.5) is 0 Å². The van der Waals surface area contributed by atoms with Crippen LogP contribution < -0.4 is 0 Å². The Kier molecular flexibility index (Phi) is 6.50. The maximum atomic E-state index is 12.1. The summed E-state index contributed by atoms with van der Waals surface area (Å²) in [5, 5.41) is 0. The Bertz CT molecular complexity index is 476. The quantitative estimate of drug-likeness (QED) is 0.592. The smallest absolute Gasteiger partial charge is 0.325 e. The second kappa shape index (κ2) is 8.15. The van der Waals surface area contributed by atoms with E-state index < -0.39 is 0 Å². The number of hydrogen-bond donors (Lipinski definition) is 0. The number of hydrogen-bond acceptors (Lipinski definition) is 3. The van der Waals surface area contributed by atoms with Gasteiger partial charge in [0.1, 0.15) is 6.54 Å². The summed E-state index contributed by atoms with van der Waals surface area (Å²) in [6.45, 7) is 6.12. The Balaban J connectivity index is 2.81. The van der Waals surface area contributed by atoms with Gasteiger partial charge in [0.05, 0.1) is 6.61 Å².